The molecule has 13 heavy (non-hydrogen) atoms. The van der Waals surface area contributed by atoms with Gasteiger partial charge in [0.15, 0.2) is 0 Å². The first-order chi connectivity index (χ1) is 5.38. The molecule has 0 atom stereocenters. The Morgan fingerprint density at radius 1 is 1.38 bits per heavy atom. The quantitative estimate of drug-likeness (QED) is 0.664. The Hall–Kier alpha value is -0.580. The zero-order chi connectivity index (χ0) is 7.68. The standard InChI is InChI=1S/C7H9N3O.2ClH/c11-7-5-1-2-8-3-6(5)9-4-10-7;;/h4,8H,1-3H2,(H,9,10,11);2*1H. The number of rotatable bonds is 0. The van der Waals surface area contributed by atoms with Gasteiger partial charge in [-0.25, -0.2) is 4.98 Å². The molecule has 1 aromatic rings. The first kappa shape index (κ1) is 12.4. The number of fused-ring (bicyclic) bond motifs is 1. The van der Waals surface area contributed by atoms with Crippen LogP contribution in [0.25, 0.3) is 0 Å². The molecular formula is C7H11Cl2N3O. The summed E-state index contributed by atoms with van der Waals surface area (Å²) in [7, 11) is 0. The van der Waals surface area contributed by atoms with E-state index in [9.17, 15) is 4.79 Å². The topological polar surface area (TPSA) is 57.8 Å². The Morgan fingerprint density at radius 3 is 2.85 bits per heavy atom. The van der Waals surface area contributed by atoms with E-state index in [0.717, 1.165) is 30.8 Å². The lowest BCUT2D eigenvalue weighted by Crippen LogP contribution is -2.30. The van der Waals surface area contributed by atoms with E-state index in [4.69, 9.17) is 0 Å². The van der Waals surface area contributed by atoms with Crippen molar-refractivity contribution in [2.75, 3.05) is 6.54 Å². The van der Waals surface area contributed by atoms with Gasteiger partial charge in [0.05, 0.1) is 12.0 Å². The zero-order valence-electron chi connectivity index (χ0n) is 6.87. The first-order valence-electron chi connectivity index (χ1n) is 3.64. The molecule has 1 aromatic heterocycles. The molecule has 74 valence electrons. The molecule has 0 unspecified atom stereocenters. The van der Waals surface area contributed by atoms with E-state index in [1.165, 1.54) is 6.33 Å². The predicted molar refractivity (Wildman–Crippen MR) is 54.8 cm³/mol. The maximum absolute atomic E-state index is 11.1. The van der Waals surface area contributed by atoms with Gasteiger partial charge in [0, 0.05) is 12.1 Å². The Kier molecular flexibility index (Phi) is 4.98. The molecule has 1 aliphatic heterocycles. The second-order valence-corrected chi connectivity index (χ2v) is 2.58. The summed E-state index contributed by atoms with van der Waals surface area (Å²) in [6.07, 6.45) is 2.24. The van der Waals surface area contributed by atoms with Crippen LogP contribution in [-0.4, -0.2) is 16.5 Å². The van der Waals surface area contributed by atoms with E-state index >= 15 is 0 Å². The number of nitrogens with one attached hydrogen (secondary N) is 2. The van der Waals surface area contributed by atoms with Gasteiger partial charge >= 0.3 is 0 Å². The van der Waals surface area contributed by atoms with Crippen LogP contribution in [0.2, 0.25) is 0 Å². The summed E-state index contributed by atoms with van der Waals surface area (Å²) in [6.45, 7) is 1.60. The Morgan fingerprint density at radius 2 is 2.15 bits per heavy atom. The first-order valence-corrected chi connectivity index (χ1v) is 3.64. The van der Waals surface area contributed by atoms with E-state index in [1.54, 1.807) is 0 Å². The Balaban J connectivity index is 0.000000720. The summed E-state index contributed by atoms with van der Waals surface area (Å²) in [5.41, 5.74) is 1.74. The fourth-order valence-electron chi connectivity index (χ4n) is 1.30. The lowest BCUT2D eigenvalue weighted by molar-refractivity contribution is 0.618. The SMILES string of the molecule is Cl.Cl.O=c1[nH]cnc2c1CCNC2. The van der Waals surface area contributed by atoms with Gasteiger partial charge in [0.1, 0.15) is 0 Å². The lowest BCUT2D eigenvalue weighted by atomic mass is 10.1. The minimum Gasteiger partial charge on any atom is -0.313 e. The van der Waals surface area contributed by atoms with Crippen LogP contribution >= 0.6 is 24.8 Å². The molecule has 0 saturated heterocycles. The van der Waals surface area contributed by atoms with Crippen LogP contribution in [0.4, 0.5) is 0 Å². The molecule has 0 aliphatic carbocycles. The third-order valence-electron chi connectivity index (χ3n) is 1.88. The van der Waals surface area contributed by atoms with Crippen LogP contribution < -0.4 is 10.9 Å². The van der Waals surface area contributed by atoms with Crippen LogP contribution in [0.15, 0.2) is 11.1 Å². The van der Waals surface area contributed by atoms with Gasteiger partial charge in [0.25, 0.3) is 5.56 Å². The second-order valence-electron chi connectivity index (χ2n) is 2.58. The third-order valence-corrected chi connectivity index (χ3v) is 1.88. The van der Waals surface area contributed by atoms with Gasteiger partial charge in [-0.2, -0.15) is 0 Å². The fourth-order valence-corrected chi connectivity index (χ4v) is 1.30. The van der Waals surface area contributed by atoms with Gasteiger partial charge in [-0.1, -0.05) is 0 Å². The number of hydrogen-bond acceptors (Lipinski definition) is 3. The average molecular weight is 224 g/mol. The van der Waals surface area contributed by atoms with Crippen LogP contribution in [0, 0.1) is 0 Å². The fraction of sp³-hybridized carbons (Fsp3) is 0.429. The molecule has 0 bridgehead atoms. The van der Waals surface area contributed by atoms with Crippen molar-refractivity contribution in [3.63, 3.8) is 0 Å². The smallest absolute Gasteiger partial charge is 0.254 e. The van der Waals surface area contributed by atoms with Crippen LogP contribution in [0.5, 0.6) is 0 Å². The molecule has 2 N–H and O–H groups in total. The summed E-state index contributed by atoms with van der Waals surface area (Å²) in [5.74, 6) is 0. The largest absolute Gasteiger partial charge is 0.313 e. The molecule has 2 rings (SSSR count). The normalized spacial score (nSPS) is 13.5. The molecule has 6 heteroatoms. The molecule has 2 heterocycles. The van der Waals surface area contributed by atoms with E-state index in [2.05, 4.69) is 15.3 Å². The van der Waals surface area contributed by atoms with Crippen molar-refractivity contribution in [1.82, 2.24) is 15.3 Å². The maximum Gasteiger partial charge on any atom is 0.254 e. The van der Waals surface area contributed by atoms with Gasteiger partial charge in [-0.15, -0.1) is 24.8 Å². The van der Waals surface area contributed by atoms with Gasteiger partial charge in [-0.3, -0.25) is 4.79 Å². The zero-order valence-corrected chi connectivity index (χ0v) is 8.50. The molecule has 1 aliphatic rings. The molecule has 0 saturated carbocycles. The van der Waals surface area contributed by atoms with Gasteiger partial charge in [-0.05, 0) is 13.0 Å². The number of H-pyrrole nitrogens is 1. The molecule has 0 aromatic carbocycles. The minimum absolute atomic E-state index is 0. The van der Waals surface area contributed by atoms with Gasteiger partial charge < -0.3 is 10.3 Å². The Labute approximate surface area is 88.0 Å². The summed E-state index contributed by atoms with van der Waals surface area (Å²) >= 11 is 0. The highest BCUT2D eigenvalue weighted by Crippen LogP contribution is 2.03. The molecular weight excluding hydrogens is 213 g/mol. The third kappa shape index (κ3) is 2.43. The van der Waals surface area contributed by atoms with E-state index < -0.39 is 0 Å². The highest BCUT2D eigenvalue weighted by atomic mass is 35.5. The number of aromatic amines is 1. The summed E-state index contributed by atoms with van der Waals surface area (Å²) < 4.78 is 0. The average Bonchev–Trinajstić information content (AvgIpc) is 2.06. The number of halogens is 2. The summed E-state index contributed by atoms with van der Waals surface area (Å²) in [4.78, 5) is 17.8. The molecule has 0 amide bonds. The van der Waals surface area contributed by atoms with Crippen molar-refractivity contribution >= 4 is 24.8 Å². The van der Waals surface area contributed by atoms with Crippen molar-refractivity contribution in [2.45, 2.75) is 13.0 Å². The van der Waals surface area contributed by atoms with Crippen LogP contribution in [0.1, 0.15) is 11.3 Å². The maximum atomic E-state index is 11.1. The van der Waals surface area contributed by atoms with Crippen molar-refractivity contribution in [1.29, 1.82) is 0 Å². The summed E-state index contributed by atoms with van der Waals surface area (Å²) in [6, 6.07) is 0. The highest BCUT2D eigenvalue weighted by Gasteiger charge is 2.11. The molecule has 0 fully saturated rings. The number of aromatic nitrogens is 2. The van der Waals surface area contributed by atoms with Crippen LogP contribution in [-0.2, 0) is 13.0 Å². The monoisotopic (exact) mass is 223 g/mol. The molecule has 4 nitrogen and oxygen atoms in total. The van der Waals surface area contributed by atoms with Crippen molar-refractivity contribution < 1.29 is 0 Å². The molecule has 0 spiro atoms. The second kappa shape index (κ2) is 5.21. The van der Waals surface area contributed by atoms with Crippen LogP contribution in [0.3, 0.4) is 0 Å². The van der Waals surface area contributed by atoms with Crippen molar-refractivity contribution in [3.8, 4) is 0 Å². The van der Waals surface area contributed by atoms with Gasteiger partial charge in [0.2, 0.25) is 0 Å². The number of nitrogens with zero attached hydrogens (tertiary/aromatic N) is 1. The van der Waals surface area contributed by atoms with E-state index in [0.29, 0.717) is 0 Å². The molecule has 0 radical (unpaired) electrons. The van der Waals surface area contributed by atoms with Crippen molar-refractivity contribution in [3.05, 3.63) is 27.9 Å². The lowest BCUT2D eigenvalue weighted by Gasteiger charge is -2.13. The highest BCUT2D eigenvalue weighted by molar-refractivity contribution is 5.85. The summed E-state index contributed by atoms with van der Waals surface area (Å²) in [5, 5.41) is 3.15. The van der Waals surface area contributed by atoms with Crippen molar-refractivity contribution in [2.24, 2.45) is 0 Å². The van der Waals surface area contributed by atoms with E-state index in [1.807, 2.05) is 0 Å². The predicted octanol–water partition coefficient (Wildman–Crippen LogP) is 0.259. The minimum atomic E-state index is 0. The number of hydrogen-bond donors (Lipinski definition) is 2. The van der Waals surface area contributed by atoms with E-state index in [-0.39, 0.29) is 30.4 Å². The Bertz CT molecular complexity index is 326.